The minimum absolute atomic E-state index is 0.0502. The zero-order valence-electron chi connectivity index (χ0n) is 6.70. The molecule has 1 aromatic rings. The lowest BCUT2D eigenvalue weighted by Crippen LogP contribution is -2.04. The van der Waals surface area contributed by atoms with Crippen molar-refractivity contribution >= 4 is 0 Å². The number of aliphatic hydroxyl groups excluding tert-OH is 1. The first kappa shape index (κ1) is 7.74. The van der Waals surface area contributed by atoms with E-state index in [1.54, 1.807) is 12.1 Å². The minimum atomic E-state index is -1.24. The molecule has 0 unspecified atom stereocenters. The summed E-state index contributed by atoms with van der Waals surface area (Å²) in [5.74, 6) is -0.181. The van der Waals surface area contributed by atoms with Crippen molar-refractivity contribution in [1.82, 2.24) is 0 Å². The van der Waals surface area contributed by atoms with E-state index >= 15 is 0 Å². The minimum Gasteiger partial charge on any atom is -0.396 e. The van der Waals surface area contributed by atoms with E-state index < -0.39 is 5.67 Å². The van der Waals surface area contributed by atoms with E-state index in [0.717, 1.165) is 0 Å². The predicted molar refractivity (Wildman–Crippen MR) is 44.4 cm³/mol. The van der Waals surface area contributed by atoms with Crippen molar-refractivity contribution in [2.75, 3.05) is 6.61 Å². The molecule has 1 nitrogen and oxygen atoms in total. The van der Waals surface area contributed by atoms with Gasteiger partial charge in [-0.1, -0.05) is 30.3 Å². The Labute approximate surface area is 70.8 Å². The number of benzene rings is 1. The van der Waals surface area contributed by atoms with Crippen LogP contribution in [0.5, 0.6) is 0 Å². The number of hydrogen-bond acceptors (Lipinski definition) is 1. The van der Waals surface area contributed by atoms with Crippen molar-refractivity contribution in [3.8, 4) is 0 Å². The summed E-state index contributed by atoms with van der Waals surface area (Å²) >= 11 is 0. The summed E-state index contributed by atoms with van der Waals surface area (Å²) in [7, 11) is 0. The van der Waals surface area contributed by atoms with Crippen LogP contribution in [0.15, 0.2) is 30.3 Å². The molecule has 1 fully saturated rings. The monoisotopic (exact) mass is 166 g/mol. The summed E-state index contributed by atoms with van der Waals surface area (Å²) in [4.78, 5) is 0. The molecule has 0 saturated heterocycles. The van der Waals surface area contributed by atoms with E-state index in [4.69, 9.17) is 5.11 Å². The van der Waals surface area contributed by atoms with Gasteiger partial charge in [-0.25, -0.2) is 4.39 Å². The van der Waals surface area contributed by atoms with Crippen LogP contribution in [0.25, 0.3) is 0 Å². The molecular formula is C10H11FO. The van der Waals surface area contributed by atoms with Gasteiger partial charge >= 0.3 is 0 Å². The fraction of sp³-hybridized carbons (Fsp3) is 0.400. The molecule has 0 spiro atoms. The number of hydrogen-bond donors (Lipinski definition) is 1. The van der Waals surface area contributed by atoms with Crippen LogP contribution < -0.4 is 0 Å². The average molecular weight is 166 g/mol. The van der Waals surface area contributed by atoms with Crippen LogP contribution in [0.1, 0.15) is 12.0 Å². The second kappa shape index (κ2) is 2.56. The van der Waals surface area contributed by atoms with Gasteiger partial charge in [-0.15, -0.1) is 0 Å². The standard InChI is InChI=1S/C10H11FO/c11-10(6-9(10)7-12)8-4-2-1-3-5-8/h1-5,9,12H,6-7H2/t9-,10+/m0/s1. The Balaban J connectivity index is 2.23. The summed E-state index contributed by atoms with van der Waals surface area (Å²) in [6.07, 6.45) is 0.466. The Bertz CT molecular complexity index is 272. The van der Waals surface area contributed by atoms with Crippen molar-refractivity contribution in [2.45, 2.75) is 12.1 Å². The smallest absolute Gasteiger partial charge is 0.141 e. The van der Waals surface area contributed by atoms with E-state index in [9.17, 15) is 4.39 Å². The summed E-state index contributed by atoms with van der Waals surface area (Å²) in [5, 5.41) is 8.76. The zero-order chi connectivity index (χ0) is 8.60. The highest BCUT2D eigenvalue weighted by Gasteiger charge is 2.56. The highest BCUT2D eigenvalue weighted by molar-refractivity contribution is 5.29. The van der Waals surface area contributed by atoms with Gasteiger partial charge < -0.3 is 5.11 Å². The highest BCUT2D eigenvalue weighted by Crippen LogP contribution is 2.55. The molecule has 0 aromatic heterocycles. The van der Waals surface area contributed by atoms with Gasteiger partial charge in [0.15, 0.2) is 0 Å². The molecule has 1 N–H and O–H groups in total. The van der Waals surface area contributed by atoms with Gasteiger partial charge in [-0.2, -0.15) is 0 Å². The quantitative estimate of drug-likeness (QED) is 0.711. The fourth-order valence-corrected chi connectivity index (χ4v) is 1.58. The summed E-state index contributed by atoms with van der Waals surface area (Å²) < 4.78 is 13.7. The van der Waals surface area contributed by atoms with E-state index in [1.165, 1.54) is 0 Å². The van der Waals surface area contributed by atoms with Crippen molar-refractivity contribution < 1.29 is 9.50 Å². The molecule has 0 radical (unpaired) electrons. The van der Waals surface area contributed by atoms with Gasteiger partial charge in [0, 0.05) is 12.5 Å². The number of aliphatic hydroxyl groups is 1. The lowest BCUT2D eigenvalue weighted by molar-refractivity contribution is 0.212. The lowest BCUT2D eigenvalue weighted by Gasteiger charge is -2.05. The predicted octanol–water partition coefficient (Wildman–Crippen LogP) is 1.86. The number of alkyl halides is 1. The maximum Gasteiger partial charge on any atom is 0.141 e. The largest absolute Gasteiger partial charge is 0.396 e. The lowest BCUT2D eigenvalue weighted by atomic mass is 10.1. The average Bonchev–Trinajstić information content (AvgIpc) is 2.81. The maximum atomic E-state index is 13.7. The SMILES string of the molecule is OC[C@@H]1C[C@@]1(F)c1ccccc1. The summed E-state index contributed by atoms with van der Waals surface area (Å²) in [6, 6.07) is 9.06. The molecule has 12 heavy (non-hydrogen) atoms. The van der Waals surface area contributed by atoms with Crippen LogP contribution in [0.4, 0.5) is 4.39 Å². The normalized spacial score (nSPS) is 33.3. The van der Waals surface area contributed by atoms with Crippen molar-refractivity contribution in [3.05, 3.63) is 35.9 Å². The van der Waals surface area contributed by atoms with Crippen LogP contribution >= 0.6 is 0 Å². The molecule has 2 rings (SSSR count). The van der Waals surface area contributed by atoms with Crippen LogP contribution in [-0.4, -0.2) is 11.7 Å². The molecule has 2 heteroatoms. The third-order valence-corrected chi connectivity index (χ3v) is 2.50. The molecular weight excluding hydrogens is 155 g/mol. The molecule has 1 saturated carbocycles. The molecule has 0 amide bonds. The second-order valence-corrected chi connectivity index (χ2v) is 3.31. The highest BCUT2D eigenvalue weighted by atomic mass is 19.1. The molecule has 2 atom stereocenters. The van der Waals surface area contributed by atoms with Gasteiger partial charge in [0.25, 0.3) is 0 Å². The Hall–Kier alpha value is -0.890. The van der Waals surface area contributed by atoms with Gasteiger partial charge in [0.05, 0.1) is 0 Å². The van der Waals surface area contributed by atoms with Gasteiger partial charge in [-0.3, -0.25) is 0 Å². The zero-order valence-corrected chi connectivity index (χ0v) is 6.70. The van der Waals surface area contributed by atoms with Gasteiger partial charge in [0.1, 0.15) is 5.67 Å². The topological polar surface area (TPSA) is 20.2 Å². The van der Waals surface area contributed by atoms with Gasteiger partial charge in [-0.05, 0) is 12.0 Å². The molecule has 1 aliphatic rings. The van der Waals surface area contributed by atoms with E-state index in [2.05, 4.69) is 0 Å². The van der Waals surface area contributed by atoms with Crippen LogP contribution in [-0.2, 0) is 5.67 Å². The first-order chi connectivity index (χ1) is 5.77. The molecule has 0 aliphatic heterocycles. The molecule has 0 bridgehead atoms. The van der Waals surface area contributed by atoms with Crippen LogP contribution in [0, 0.1) is 5.92 Å². The Kier molecular flexibility index (Phi) is 1.65. The van der Waals surface area contributed by atoms with E-state index in [-0.39, 0.29) is 12.5 Å². The third kappa shape index (κ3) is 1.03. The molecule has 1 aromatic carbocycles. The van der Waals surface area contributed by atoms with E-state index in [0.29, 0.717) is 12.0 Å². The first-order valence-electron chi connectivity index (χ1n) is 4.12. The van der Waals surface area contributed by atoms with Crippen molar-refractivity contribution in [3.63, 3.8) is 0 Å². The second-order valence-electron chi connectivity index (χ2n) is 3.31. The Morgan fingerprint density at radius 2 is 2.08 bits per heavy atom. The molecule has 0 heterocycles. The van der Waals surface area contributed by atoms with Crippen molar-refractivity contribution in [1.29, 1.82) is 0 Å². The van der Waals surface area contributed by atoms with Crippen LogP contribution in [0.3, 0.4) is 0 Å². The first-order valence-corrected chi connectivity index (χ1v) is 4.12. The Morgan fingerprint density at radius 1 is 1.42 bits per heavy atom. The number of rotatable bonds is 2. The summed E-state index contributed by atoms with van der Waals surface area (Å²) in [6.45, 7) is -0.0502. The maximum absolute atomic E-state index is 13.7. The van der Waals surface area contributed by atoms with Gasteiger partial charge in [0.2, 0.25) is 0 Å². The van der Waals surface area contributed by atoms with Crippen LogP contribution in [0.2, 0.25) is 0 Å². The molecule has 64 valence electrons. The van der Waals surface area contributed by atoms with Crippen molar-refractivity contribution in [2.24, 2.45) is 5.92 Å². The third-order valence-electron chi connectivity index (χ3n) is 2.50. The fourth-order valence-electron chi connectivity index (χ4n) is 1.58. The molecule has 1 aliphatic carbocycles. The summed E-state index contributed by atoms with van der Waals surface area (Å²) in [5.41, 5.74) is -0.542. The number of halogens is 1. The Morgan fingerprint density at radius 3 is 2.58 bits per heavy atom. The van der Waals surface area contributed by atoms with E-state index in [1.807, 2.05) is 18.2 Å².